The number of benzene rings is 1. The number of imide groups is 1. The van der Waals surface area contributed by atoms with Crippen molar-refractivity contribution in [3.8, 4) is 0 Å². The third kappa shape index (κ3) is 3.19. The van der Waals surface area contributed by atoms with Crippen molar-refractivity contribution < 1.29 is 14.4 Å². The lowest BCUT2D eigenvalue weighted by molar-refractivity contribution is -0.134. The molecule has 23 heavy (non-hydrogen) atoms. The number of amides is 3. The molecule has 7 nitrogen and oxygen atoms in total. The van der Waals surface area contributed by atoms with Crippen molar-refractivity contribution in [2.75, 3.05) is 31.1 Å². The van der Waals surface area contributed by atoms with Gasteiger partial charge in [0.2, 0.25) is 17.7 Å². The largest absolute Gasteiger partial charge is 0.369 e. The van der Waals surface area contributed by atoms with Crippen LogP contribution < -0.4 is 21.3 Å². The van der Waals surface area contributed by atoms with Crippen molar-refractivity contribution in [1.82, 2.24) is 10.6 Å². The number of nitrogens with one attached hydrogen (secondary N) is 2. The fraction of sp³-hybridized carbons (Fsp3) is 0.438. The summed E-state index contributed by atoms with van der Waals surface area (Å²) in [5.74, 6) is -1.71. The highest BCUT2D eigenvalue weighted by molar-refractivity contribution is 6.03. The standard InChI is InChI=1S/C16H20N4O3/c17-15(22)11-2-1-10(20-7-5-18-6-8-20)9-13(11)12-3-4-14(21)19-16(12)23/h1-2,9,12,18H,3-8H2,(H2,17,22)(H,19,21,23). The van der Waals surface area contributed by atoms with Gasteiger partial charge >= 0.3 is 0 Å². The number of primary amides is 1. The summed E-state index contributed by atoms with van der Waals surface area (Å²) in [6, 6.07) is 5.41. The lowest BCUT2D eigenvalue weighted by atomic mass is 9.86. The first-order valence-electron chi connectivity index (χ1n) is 7.79. The van der Waals surface area contributed by atoms with Crippen LogP contribution in [0.25, 0.3) is 0 Å². The maximum absolute atomic E-state index is 12.2. The van der Waals surface area contributed by atoms with Gasteiger partial charge in [0.15, 0.2) is 0 Å². The van der Waals surface area contributed by atoms with E-state index in [0.717, 1.165) is 31.9 Å². The molecule has 0 bridgehead atoms. The molecule has 4 N–H and O–H groups in total. The van der Waals surface area contributed by atoms with E-state index < -0.39 is 11.8 Å². The van der Waals surface area contributed by atoms with E-state index in [1.807, 2.05) is 12.1 Å². The Kier molecular flexibility index (Phi) is 4.29. The van der Waals surface area contributed by atoms with Crippen molar-refractivity contribution in [3.05, 3.63) is 29.3 Å². The van der Waals surface area contributed by atoms with Gasteiger partial charge in [0.1, 0.15) is 0 Å². The molecule has 3 amide bonds. The second-order valence-electron chi connectivity index (χ2n) is 5.88. The van der Waals surface area contributed by atoms with Crippen LogP contribution in [0.3, 0.4) is 0 Å². The molecule has 0 saturated carbocycles. The van der Waals surface area contributed by atoms with Gasteiger partial charge in [0, 0.05) is 43.9 Å². The van der Waals surface area contributed by atoms with Crippen LogP contribution in [-0.2, 0) is 9.59 Å². The molecule has 1 aromatic rings. The van der Waals surface area contributed by atoms with Crippen LogP contribution in [0.2, 0.25) is 0 Å². The van der Waals surface area contributed by atoms with Crippen LogP contribution in [0.1, 0.15) is 34.7 Å². The van der Waals surface area contributed by atoms with Crippen LogP contribution in [-0.4, -0.2) is 43.9 Å². The molecule has 122 valence electrons. The number of rotatable bonds is 3. The van der Waals surface area contributed by atoms with Crippen LogP contribution in [0.4, 0.5) is 5.69 Å². The van der Waals surface area contributed by atoms with Crippen molar-refractivity contribution in [1.29, 1.82) is 0 Å². The van der Waals surface area contributed by atoms with Gasteiger partial charge in [-0.1, -0.05) is 0 Å². The third-order valence-electron chi connectivity index (χ3n) is 4.40. The van der Waals surface area contributed by atoms with Gasteiger partial charge in [-0.05, 0) is 30.2 Å². The second kappa shape index (κ2) is 6.37. The Balaban J connectivity index is 1.96. The van der Waals surface area contributed by atoms with Crippen LogP contribution >= 0.6 is 0 Å². The highest BCUT2D eigenvalue weighted by atomic mass is 16.2. The van der Waals surface area contributed by atoms with Gasteiger partial charge in [0.25, 0.3) is 0 Å². The molecule has 2 aliphatic rings. The predicted octanol–water partition coefficient (Wildman–Crippen LogP) is -0.285. The lowest BCUT2D eigenvalue weighted by Crippen LogP contribution is -2.43. The third-order valence-corrected chi connectivity index (χ3v) is 4.40. The highest BCUT2D eigenvalue weighted by Crippen LogP contribution is 2.31. The fourth-order valence-corrected chi connectivity index (χ4v) is 3.17. The average Bonchev–Trinajstić information content (AvgIpc) is 2.55. The van der Waals surface area contributed by atoms with Crippen molar-refractivity contribution in [3.63, 3.8) is 0 Å². The number of nitrogens with two attached hydrogens (primary N) is 1. The minimum atomic E-state index is -0.559. The van der Waals surface area contributed by atoms with Gasteiger partial charge in [-0.15, -0.1) is 0 Å². The first-order chi connectivity index (χ1) is 11.1. The molecule has 0 radical (unpaired) electrons. The van der Waals surface area contributed by atoms with Gasteiger partial charge < -0.3 is 16.0 Å². The summed E-state index contributed by atoms with van der Waals surface area (Å²) in [5.41, 5.74) is 7.39. The summed E-state index contributed by atoms with van der Waals surface area (Å²) in [6.45, 7) is 3.52. The minimum Gasteiger partial charge on any atom is -0.369 e. The lowest BCUT2D eigenvalue weighted by Gasteiger charge is -2.31. The van der Waals surface area contributed by atoms with Crippen LogP contribution in [0, 0.1) is 0 Å². The summed E-state index contributed by atoms with van der Waals surface area (Å²) in [5, 5.41) is 5.63. The van der Waals surface area contributed by atoms with Crippen LogP contribution in [0.5, 0.6) is 0 Å². The normalized spacial score (nSPS) is 21.9. The Labute approximate surface area is 134 Å². The zero-order valence-electron chi connectivity index (χ0n) is 12.8. The summed E-state index contributed by atoms with van der Waals surface area (Å²) < 4.78 is 0. The van der Waals surface area contributed by atoms with E-state index in [1.54, 1.807) is 6.07 Å². The number of piperidine rings is 1. The number of hydrogen-bond acceptors (Lipinski definition) is 5. The molecule has 2 heterocycles. The number of anilines is 1. The van der Waals surface area contributed by atoms with E-state index in [0.29, 0.717) is 17.5 Å². The fourth-order valence-electron chi connectivity index (χ4n) is 3.17. The van der Waals surface area contributed by atoms with Gasteiger partial charge in [0.05, 0.1) is 5.92 Å². The maximum Gasteiger partial charge on any atom is 0.249 e. The summed E-state index contributed by atoms with van der Waals surface area (Å²) in [7, 11) is 0. The van der Waals surface area contributed by atoms with E-state index >= 15 is 0 Å². The Morgan fingerprint density at radius 3 is 2.61 bits per heavy atom. The smallest absolute Gasteiger partial charge is 0.249 e. The summed E-state index contributed by atoms with van der Waals surface area (Å²) in [6.07, 6.45) is 0.669. The number of carbonyl (C=O) groups is 3. The van der Waals surface area contributed by atoms with Gasteiger partial charge in [-0.2, -0.15) is 0 Å². The molecule has 0 aliphatic carbocycles. The van der Waals surface area contributed by atoms with Gasteiger partial charge in [-0.25, -0.2) is 0 Å². The molecule has 1 atom stereocenters. The Bertz CT molecular complexity index is 653. The molecule has 0 spiro atoms. The molecule has 2 aliphatic heterocycles. The Morgan fingerprint density at radius 1 is 1.22 bits per heavy atom. The second-order valence-corrected chi connectivity index (χ2v) is 5.88. The van der Waals surface area contributed by atoms with Crippen molar-refractivity contribution >= 4 is 23.4 Å². The molecule has 7 heteroatoms. The Hall–Kier alpha value is -2.41. The highest BCUT2D eigenvalue weighted by Gasteiger charge is 2.31. The number of carbonyl (C=O) groups excluding carboxylic acids is 3. The molecule has 2 saturated heterocycles. The zero-order valence-corrected chi connectivity index (χ0v) is 12.8. The first-order valence-corrected chi connectivity index (χ1v) is 7.79. The molecule has 1 aromatic carbocycles. The van der Waals surface area contributed by atoms with Gasteiger partial charge in [-0.3, -0.25) is 19.7 Å². The molecule has 2 fully saturated rings. The number of hydrogen-bond donors (Lipinski definition) is 3. The first kappa shape index (κ1) is 15.5. The molecule has 0 aromatic heterocycles. The maximum atomic E-state index is 12.2. The van der Waals surface area contributed by atoms with E-state index in [4.69, 9.17) is 5.73 Å². The zero-order chi connectivity index (χ0) is 16.4. The molecule has 3 rings (SSSR count). The van der Waals surface area contributed by atoms with E-state index in [9.17, 15) is 14.4 Å². The number of nitrogens with zero attached hydrogens (tertiary/aromatic N) is 1. The van der Waals surface area contributed by atoms with E-state index in [1.165, 1.54) is 0 Å². The monoisotopic (exact) mass is 316 g/mol. The SMILES string of the molecule is NC(=O)c1ccc(N2CCNCC2)cc1C1CCC(=O)NC1=O. The number of piperazine rings is 1. The summed E-state index contributed by atoms with van der Waals surface area (Å²) in [4.78, 5) is 37.4. The topological polar surface area (TPSA) is 105 Å². The Morgan fingerprint density at radius 2 is 1.96 bits per heavy atom. The van der Waals surface area contributed by atoms with E-state index in [2.05, 4.69) is 15.5 Å². The molecular formula is C16H20N4O3. The van der Waals surface area contributed by atoms with Crippen molar-refractivity contribution in [2.45, 2.75) is 18.8 Å². The minimum absolute atomic E-state index is 0.270. The van der Waals surface area contributed by atoms with E-state index in [-0.39, 0.29) is 18.2 Å². The quantitative estimate of drug-likeness (QED) is 0.665. The molecule has 1 unspecified atom stereocenters. The molecular weight excluding hydrogens is 296 g/mol. The van der Waals surface area contributed by atoms with Crippen LogP contribution in [0.15, 0.2) is 18.2 Å². The predicted molar refractivity (Wildman–Crippen MR) is 85.2 cm³/mol. The summed E-state index contributed by atoms with van der Waals surface area (Å²) >= 11 is 0. The average molecular weight is 316 g/mol. The van der Waals surface area contributed by atoms with Crippen molar-refractivity contribution in [2.24, 2.45) is 5.73 Å².